The van der Waals surface area contributed by atoms with Crippen molar-refractivity contribution in [3.05, 3.63) is 52.9 Å². The summed E-state index contributed by atoms with van der Waals surface area (Å²) < 4.78 is 64.4. The van der Waals surface area contributed by atoms with E-state index in [1.807, 2.05) is 0 Å². The molecule has 2 aromatic rings. The number of sulfonamides is 1. The third-order valence-electron chi connectivity index (χ3n) is 4.66. The van der Waals surface area contributed by atoms with Gasteiger partial charge in [-0.15, -0.1) is 11.3 Å². The van der Waals surface area contributed by atoms with Crippen molar-refractivity contribution in [3.8, 4) is 0 Å². The van der Waals surface area contributed by atoms with Crippen molar-refractivity contribution in [1.29, 1.82) is 0 Å². The van der Waals surface area contributed by atoms with Crippen LogP contribution in [0.25, 0.3) is 0 Å². The van der Waals surface area contributed by atoms with Crippen LogP contribution in [0.1, 0.15) is 24.0 Å². The van der Waals surface area contributed by atoms with Crippen molar-refractivity contribution in [2.75, 3.05) is 13.1 Å². The quantitative estimate of drug-likeness (QED) is 0.787. The third-order valence-corrected chi connectivity index (χ3v) is 7.93. The Bertz CT molecular complexity index is 903. The molecule has 2 heterocycles. The molecule has 5 nitrogen and oxygen atoms in total. The fourth-order valence-corrected chi connectivity index (χ4v) is 5.66. The molecule has 0 spiro atoms. The van der Waals surface area contributed by atoms with Gasteiger partial charge in [-0.25, -0.2) is 8.42 Å². The lowest BCUT2D eigenvalue weighted by Gasteiger charge is -2.30. The molecule has 152 valence electrons. The molecule has 1 aliphatic rings. The van der Waals surface area contributed by atoms with Crippen LogP contribution < -0.4 is 5.32 Å². The van der Waals surface area contributed by atoms with Gasteiger partial charge >= 0.3 is 6.18 Å². The molecule has 1 saturated heterocycles. The molecule has 0 saturated carbocycles. The van der Waals surface area contributed by atoms with E-state index < -0.39 is 21.8 Å². The van der Waals surface area contributed by atoms with Gasteiger partial charge in [0.15, 0.2) is 0 Å². The van der Waals surface area contributed by atoms with E-state index in [1.54, 1.807) is 17.5 Å². The van der Waals surface area contributed by atoms with Crippen molar-refractivity contribution in [2.45, 2.75) is 29.8 Å². The number of halogens is 3. The Morgan fingerprint density at radius 2 is 1.79 bits per heavy atom. The number of nitrogens with one attached hydrogen (secondary N) is 1. The van der Waals surface area contributed by atoms with E-state index >= 15 is 0 Å². The van der Waals surface area contributed by atoms with E-state index in [1.165, 1.54) is 16.4 Å². The van der Waals surface area contributed by atoms with E-state index in [4.69, 9.17) is 0 Å². The maximum absolute atomic E-state index is 12.6. The fraction of sp³-hybridized carbons (Fsp3) is 0.389. The average molecular weight is 432 g/mol. The molecule has 28 heavy (non-hydrogen) atoms. The summed E-state index contributed by atoms with van der Waals surface area (Å²) in [6.07, 6.45) is -3.58. The molecule has 1 aromatic carbocycles. The highest BCUT2D eigenvalue weighted by atomic mass is 32.2. The minimum absolute atomic E-state index is 0.130. The van der Waals surface area contributed by atoms with Crippen molar-refractivity contribution in [1.82, 2.24) is 9.62 Å². The molecule has 1 fully saturated rings. The molecule has 1 N–H and O–H groups in total. The smallest absolute Gasteiger partial charge is 0.352 e. The summed E-state index contributed by atoms with van der Waals surface area (Å²) in [5.41, 5.74) is -0.166. The Hall–Kier alpha value is -1.91. The zero-order chi connectivity index (χ0) is 20.4. The zero-order valence-electron chi connectivity index (χ0n) is 14.8. The van der Waals surface area contributed by atoms with Gasteiger partial charge in [-0.1, -0.05) is 18.2 Å². The van der Waals surface area contributed by atoms with Gasteiger partial charge in [0.25, 0.3) is 10.0 Å². The molecule has 1 amide bonds. The number of thiophene rings is 1. The maximum Gasteiger partial charge on any atom is 0.416 e. The van der Waals surface area contributed by atoms with E-state index in [0.29, 0.717) is 18.4 Å². The Kier molecular flexibility index (Phi) is 6.11. The molecule has 0 atom stereocenters. The molecule has 3 rings (SSSR count). The first-order chi connectivity index (χ1) is 13.2. The number of hydrogen-bond donors (Lipinski definition) is 1. The Morgan fingerprint density at radius 3 is 2.32 bits per heavy atom. The number of rotatable bonds is 5. The number of carbonyl (C=O) groups excluding carboxylic acids is 1. The third kappa shape index (κ3) is 4.73. The number of amides is 1. The lowest BCUT2D eigenvalue weighted by molar-refractivity contribution is -0.137. The number of carbonyl (C=O) groups is 1. The van der Waals surface area contributed by atoms with Crippen LogP contribution in [0.3, 0.4) is 0 Å². The van der Waals surface area contributed by atoms with Gasteiger partial charge in [0, 0.05) is 25.6 Å². The van der Waals surface area contributed by atoms with E-state index in [2.05, 4.69) is 5.32 Å². The van der Waals surface area contributed by atoms with E-state index in [0.717, 1.165) is 23.5 Å². The van der Waals surface area contributed by atoms with Crippen LogP contribution in [0.15, 0.2) is 46.0 Å². The lowest BCUT2D eigenvalue weighted by Crippen LogP contribution is -2.42. The largest absolute Gasteiger partial charge is 0.416 e. The molecular formula is C18H19F3N2O3S2. The van der Waals surface area contributed by atoms with Gasteiger partial charge in [0.2, 0.25) is 5.91 Å². The number of nitrogens with zero attached hydrogens (tertiary/aromatic N) is 1. The predicted octanol–water partition coefficient (Wildman–Crippen LogP) is 3.48. The van der Waals surface area contributed by atoms with Gasteiger partial charge in [-0.05, 0) is 42.0 Å². The minimum Gasteiger partial charge on any atom is -0.352 e. The number of benzene rings is 1. The van der Waals surface area contributed by atoms with E-state index in [9.17, 15) is 26.4 Å². The van der Waals surface area contributed by atoms with Crippen LogP contribution >= 0.6 is 11.3 Å². The standard InChI is InChI=1S/C18H19F3N2O3S2/c19-18(20,21)15-5-3-13(4-6-15)12-22-17(24)14-7-9-23(10-8-14)28(25,26)16-2-1-11-27-16/h1-6,11,14H,7-10,12H2,(H,22,24). The highest BCUT2D eigenvalue weighted by molar-refractivity contribution is 7.91. The summed E-state index contributed by atoms with van der Waals surface area (Å²) in [7, 11) is -3.51. The van der Waals surface area contributed by atoms with Gasteiger partial charge in [-0.3, -0.25) is 4.79 Å². The first-order valence-corrected chi connectivity index (χ1v) is 11.0. The van der Waals surface area contributed by atoms with Crippen LogP contribution in [0.4, 0.5) is 13.2 Å². The summed E-state index contributed by atoms with van der Waals surface area (Å²) in [6.45, 7) is 0.655. The van der Waals surface area contributed by atoms with Gasteiger partial charge in [0.1, 0.15) is 4.21 Å². The Morgan fingerprint density at radius 1 is 1.14 bits per heavy atom. The Balaban J connectivity index is 1.50. The second-order valence-corrected chi connectivity index (χ2v) is 9.64. The molecular weight excluding hydrogens is 413 g/mol. The van der Waals surface area contributed by atoms with Gasteiger partial charge < -0.3 is 5.32 Å². The number of alkyl halides is 3. The normalized spacial score (nSPS) is 16.8. The van der Waals surface area contributed by atoms with Crippen molar-refractivity contribution in [3.63, 3.8) is 0 Å². The summed E-state index contributed by atoms with van der Waals surface area (Å²) in [4.78, 5) is 12.3. The summed E-state index contributed by atoms with van der Waals surface area (Å²) in [6, 6.07) is 7.87. The van der Waals surface area contributed by atoms with Gasteiger partial charge in [-0.2, -0.15) is 17.5 Å². The lowest BCUT2D eigenvalue weighted by atomic mass is 9.97. The first kappa shape index (κ1) is 20.8. The number of hydrogen-bond acceptors (Lipinski definition) is 4. The average Bonchev–Trinajstić information content (AvgIpc) is 3.21. The van der Waals surface area contributed by atoms with Crippen LogP contribution in [0.5, 0.6) is 0 Å². The van der Waals surface area contributed by atoms with Crippen LogP contribution in [0, 0.1) is 5.92 Å². The molecule has 10 heteroatoms. The molecule has 0 unspecified atom stereocenters. The highest BCUT2D eigenvalue weighted by Gasteiger charge is 2.32. The van der Waals surface area contributed by atoms with Crippen LogP contribution in [0.2, 0.25) is 0 Å². The van der Waals surface area contributed by atoms with Crippen LogP contribution in [-0.4, -0.2) is 31.7 Å². The first-order valence-electron chi connectivity index (χ1n) is 8.65. The fourth-order valence-electron chi connectivity index (χ4n) is 3.04. The predicted molar refractivity (Wildman–Crippen MR) is 99.1 cm³/mol. The Labute approximate surface area is 165 Å². The molecule has 0 aliphatic carbocycles. The highest BCUT2D eigenvalue weighted by Crippen LogP contribution is 2.29. The topological polar surface area (TPSA) is 66.5 Å². The summed E-state index contributed by atoms with van der Waals surface area (Å²) in [5.74, 6) is -0.530. The zero-order valence-corrected chi connectivity index (χ0v) is 16.4. The second kappa shape index (κ2) is 8.22. The van der Waals surface area contributed by atoms with Crippen molar-refractivity contribution < 1.29 is 26.4 Å². The molecule has 1 aliphatic heterocycles. The monoisotopic (exact) mass is 432 g/mol. The SMILES string of the molecule is O=C(NCc1ccc(C(F)(F)F)cc1)C1CCN(S(=O)(=O)c2cccs2)CC1. The minimum atomic E-state index is -4.39. The van der Waals surface area contributed by atoms with Crippen molar-refractivity contribution >= 4 is 27.3 Å². The molecule has 1 aromatic heterocycles. The molecule has 0 radical (unpaired) electrons. The second-order valence-electron chi connectivity index (χ2n) is 6.52. The maximum atomic E-state index is 12.6. The van der Waals surface area contributed by atoms with E-state index in [-0.39, 0.29) is 35.7 Å². The van der Waals surface area contributed by atoms with Crippen LogP contribution in [-0.2, 0) is 27.5 Å². The number of piperidine rings is 1. The summed E-state index contributed by atoms with van der Waals surface area (Å²) in [5, 5.41) is 4.42. The van der Waals surface area contributed by atoms with Crippen molar-refractivity contribution in [2.24, 2.45) is 5.92 Å². The van der Waals surface area contributed by atoms with Gasteiger partial charge in [0.05, 0.1) is 5.56 Å². The summed E-state index contributed by atoms with van der Waals surface area (Å²) >= 11 is 1.16. The molecule has 0 bridgehead atoms.